The summed E-state index contributed by atoms with van der Waals surface area (Å²) >= 11 is 0. The maximum absolute atomic E-state index is 14.9. The first-order chi connectivity index (χ1) is 27.1. The van der Waals surface area contributed by atoms with Gasteiger partial charge in [0.15, 0.2) is 0 Å². The molecule has 2 aromatic rings. The molecule has 4 fully saturated rings. The molecular formula is C50H75N3O4. The van der Waals surface area contributed by atoms with E-state index in [2.05, 4.69) is 45.3 Å². The second-order valence-corrected chi connectivity index (χ2v) is 20.7. The van der Waals surface area contributed by atoms with E-state index in [9.17, 15) is 14.4 Å². The summed E-state index contributed by atoms with van der Waals surface area (Å²) in [7, 11) is 0. The van der Waals surface area contributed by atoms with Crippen LogP contribution in [0.4, 0.5) is 4.79 Å². The molecule has 6 rings (SSSR count). The first-order valence-electron chi connectivity index (χ1n) is 22.7. The Hall–Kier alpha value is -3.35. The number of amides is 3. The van der Waals surface area contributed by atoms with Crippen LogP contribution >= 0.6 is 0 Å². The Morgan fingerprint density at radius 3 is 2.12 bits per heavy atom. The smallest absolute Gasteiger partial charge is 0.408 e. The van der Waals surface area contributed by atoms with Crippen molar-refractivity contribution >= 4 is 17.9 Å². The Bertz CT molecular complexity index is 1640. The third-order valence-electron chi connectivity index (χ3n) is 15.5. The normalized spacial score (nSPS) is 30.6. The molecule has 0 aliphatic heterocycles. The van der Waals surface area contributed by atoms with Crippen LogP contribution in [0, 0.1) is 52.3 Å². The van der Waals surface area contributed by atoms with Gasteiger partial charge in [-0.25, -0.2) is 4.79 Å². The largest absolute Gasteiger partial charge is 0.444 e. The quantitative estimate of drug-likeness (QED) is 0.200. The second-order valence-electron chi connectivity index (χ2n) is 20.7. The number of rotatable bonds is 14. The fraction of sp³-hybridized carbons (Fsp3) is 0.700. The van der Waals surface area contributed by atoms with Crippen LogP contribution in [0.2, 0.25) is 0 Å². The van der Waals surface area contributed by atoms with Gasteiger partial charge in [0.05, 0.1) is 6.54 Å². The van der Waals surface area contributed by atoms with Crippen LogP contribution in [0.15, 0.2) is 60.7 Å². The number of ether oxygens (including phenoxy) is 1. The molecule has 10 atom stereocenters. The Labute approximate surface area is 345 Å². The van der Waals surface area contributed by atoms with Crippen molar-refractivity contribution in [2.45, 2.75) is 163 Å². The van der Waals surface area contributed by atoms with Gasteiger partial charge in [-0.15, -0.1) is 0 Å². The van der Waals surface area contributed by atoms with Crippen LogP contribution in [-0.2, 0) is 27.3 Å². The average molecular weight is 782 g/mol. The highest BCUT2D eigenvalue weighted by Crippen LogP contribution is 2.68. The van der Waals surface area contributed by atoms with Gasteiger partial charge >= 0.3 is 6.09 Å². The van der Waals surface area contributed by atoms with Gasteiger partial charge in [0, 0.05) is 19.0 Å². The van der Waals surface area contributed by atoms with Crippen molar-refractivity contribution < 1.29 is 19.1 Å². The summed E-state index contributed by atoms with van der Waals surface area (Å²) in [5, 5.41) is 6.03. The van der Waals surface area contributed by atoms with Crippen molar-refractivity contribution in [3.05, 3.63) is 71.8 Å². The number of fused-ring (bicyclic) bond motifs is 5. The summed E-state index contributed by atoms with van der Waals surface area (Å²) < 4.78 is 5.67. The van der Waals surface area contributed by atoms with Gasteiger partial charge in [-0.2, -0.15) is 0 Å². The average Bonchev–Trinajstić information content (AvgIpc) is 3.52. The van der Waals surface area contributed by atoms with Crippen LogP contribution in [0.25, 0.3) is 0 Å². The number of hydrogen-bond acceptors (Lipinski definition) is 4. The minimum absolute atomic E-state index is 0.0374. The van der Waals surface area contributed by atoms with Crippen LogP contribution in [0.1, 0.15) is 144 Å². The van der Waals surface area contributed by atoms with E-state index in [4.69, 9.17) is 4.74 Å². The predicted octanol–water partition coefficient (Wildman–Crippen LogP) is 10.8. The van der Waals surface area contributed by atoms with Gasteiger partial charge in [0.1, 0.15) is 11.6 Å². The van der Waals surface area contributed by atoms with Crippen molar-refractivity contribution in [3.63, 3.8) is 0 Å². The van der Waals surface area contributed by atoms with E-state index < -0.39 is 17.7 Å². The molecule has 0 spiro atoms. The Morgan fingerprint density at radius 2 is 1.46 bits per heavy atom. The molecule has 0 saturated heterocycles. The zero-order valence-corrected chi connectivity index (χ0v) is 36.7. The molecule has 0 unspecified atom stereocenters. The SMILES string of the molecule is CC(C)CCC[C@@H](C)[C@H]1CC[C@H]2[C@@H]3CC[C@H]4C[C@H](N(CC(=O)NCc5ccccc5)C(=O)[C@@H](Cc5ccccc5)NC(=O)OC(C)(C)C)CC[C@]4(C)[C@H]3CC[C@]12C. The van der Waals surface area contributed by atoms with E-state index >= 15 is 0 Å². The van der Waals surface area contributed by atoms with E-state index in [1.54, 1.807) is 0 Å². The Balaban J connectivity index is 1.20. The third kappa shape index (κ3) is 10.3. The predicted molar refractivity (Wildman–Crippen MR) is 230 cm³/mol. The van der Waals surface area contributed by atoms with Gasteiger partial charge in [0.25, 0.3) is 0 Å². The van der Waals surface area contributed by atoms with Crippen molar-refractivity contribution in [2.24, 2.45) is 52.3 Å². The molecule has 0 aromatic heterocycles. The molecule has 0 heterocycles. The molecule has 4 aliphatic rings. The third-order valence-corrected chi connectivity index (χ3v) is 15.5. The number of carbonyl (C=O) groups excluding carboxylic acids is 3. The zero-order valence-electron chi connectivity index (χ0n) is 36.7. The number of nitrogens with zero attached hydrogens (tertiary/aromatic N) is 1. The molecule has 314 valence electrons. The van der Waals surface area contributed by atoms with Crippen molar-refractivity contribution in [1.82, 2.24) is 15.5 Å². The summed E-state index contributed by atoms with van der Waals surface area (Å²) in [6, 6.07) is 18.8. The molecular weight excluding hydrogens is 707 g/mol. The Kier molecular flexibility index (Phi) is 13.9. The van der Waals surface area contributed by atoms with Crippen molar-refractivity contribution in [3.8, 4) is 0 Å². The zero-order chi connectivity index (χ0) is 41.0. The van der Waals surface area contributed by atoms with Gasteiger partial charge in [-0.1, -0.05) is 115 Å². The minimum Gasteiger partial charge on any atom is -0.444 e. The molecule has 4 saturated carbocycles. The summed E-state index contributed by atoms with van der Waals surface area (Å²) in [6.07, 6.45) is 14.6. The molecule has 7 heteroatoms. The highest BCUT2D eigenvalue weighted by Gasteiger charge is 2.61. The second kappa shape index (κ2) is 18.3. The fourth-order valence-electron chi connectivity index (χ4n) is 12.6. The molecule has 4 aliphatic carbocycles. The first-order valence-corrected chi connectivity index (χ1v) is 22.7. The summed E-state index contributed by atoms with van der Waals surface area (Å²) in [5.41, 5.74) is 1.95. The molecule has 2 aromatic carbocycles. The van der Waals surface area contributed by atoms with Crippen molar-refractivity contribution in [1.29, 1.82) is 0 Å². The van der Waals surface area contributed by atoms with E-state index in [1.165, 1.54) is 57.8 Å². The highest BCUT2D eigenvalue weighted by atomic mass is 16.6. The number of benzene rings is 2. The van der Waals surface area contributed by atoms with Gasteiger partial charge in [-0.05, 0) is 142 Å². The molecule has 3 amide bonds. The number of nitrogens with one attached hydrogen (secondary N) is 2. The summed E-state index contributed by atoms with van der Waals surface area (Å²) in [5.74, 6) is 4.90. The van der Waals surface area contributed by atoms with E-state index in [0.29, 0.717) is 24.3 Å². The first kappa shape index (κ1) is 43.2. The minimum atomic E-state index is -0.868. The van der Waals surface area contributed by atoms with E-state index in [1.807, 2.05) is 86.3 Å². The van der Waals surface area contributed by atoms with Crippen LogP contribution in [-0.4, -0.2) is 47.0 Å². The van der Waals surface area contributed by atoms with Crippen molar-refractivity contribution in [2.75, 3.05) is 6.54 Å². The fourth-order valence-corrected chi connectivity index (χ4v) is 12.6. The summed E-state index contributed by atoms with van der Waals surface area (Å²) in [6.45, 7) is 18.4. The topological polar surface area (TPSA) is 87.7 Å². The standard InChI is InChI=1S/C50H75N3O4/c1-34(2)16-15-17-35(3)41-24-25-42-40-23-22-38-31-39(26-28-49(38,7)43(40)27-29-50(41,42)8)53(33-45(54)51-32-37-20-13-10-14-21-37)46(55)44(30-36-18-11-9-12-19-36)52-47(56)57-48(4,5)6/h9-14,18-21,34-35,38-44H,15-17,22-33H2,1-8H3,(H,51,54)(H,52,56)/t35-,38+,39-,40+,41-,42+,43+,44-,49+,50-/m1/s1. The lowest BCUT2D eigenvalue weighted by Gasteiger charge is -2.62. The van der Waals surface area contributed by atoms with Gasteiger partial charge < -0.3 is 20.3 Å². The van der Waals surface area contributed by atoms with Gasteiger partial charge in [0.2, 0.25) is 11.8 Å². The maximum atomic E-state index is 14.9. The lowest BCUT2D eigenvalue weighted by molar-refractivity contribution is -0.148. The van der Waals surface area contributed by atoms with E-state index in [-0.39, 0.29) is 29.8 Å². The van der Waals surface area contributed by atoms with Crippen LogP contribution in [0.5, 0.6) is 0 Å². The highest BCUT2D eigenvalue weighted by molar-refractivity contribution is 5.90. The lowest BCUT2D eigenvalue weighted by atomic mass is 9.44. The maximum Gasteiger partial charge on any atom is 0.408 e. The van der Waals surface area contributed by atoms with E-state index in [0.717, 1.165) is 65.9 Å². The molecule has 57 heavy (non-hydrogen) atoms. The summed E-state index contributed by atoms with van der Waals surface area (Å²) in [4.78, 5) is 43.8. The van der Waals surface area contributed by atoms with Crippen LogP contribution in [0.3, 0.4) is 0 Å². The molecule has 0 bridgehead atoms. The lowest BCUT2D eigenvalue weighted by Crippen LogP contribution is -2.59. The number of carbonyl (C=O) groups is 3. The molecule has 2 N–H and O–H groups in total. The number of alkyl carbamates (subject to hydrolysis) is 1. The van der Waals surface area contributed by atoms with Gasteiger partial charge in [-0.3, -0.25) is 9.59 Å². The monoisotopic (exact) mass is 782 g/mol. The number of hydrogen-bond donors (Lipinski definition) is 2. The van der Waals surface area contributed by atoms with Crippen LogP contribution < -0.4 is 10.6 Å². The molecule has 0 radical (unpaired) electrons. The Morgan fingerprint density at radius 1 is 0.807 bits per heavy atom. The molecule has 7 nitrogen and oxygen atoms in total.